The molecule has 0 N–H and O–H groups in total. The first kappa shape index (κ1) is 15.8. The lowest BCUT2D eigenvalue weighted by Gasteiger charge is -2.13. The van der Waals surface area contributed by atoms with Crippen LogP contribution in [0.2, 0.25) is 5.02 Å². The highest BCUT2D eigenvalue weighted by atomic mass is 35.5. The number of benzene rings is 1. The van der Waals surface area contributed by atoms with Crippen LogP contribution in [0.15, 0.2) is 39.7 Å². The number of rotatable bonds is 3. The van der Waals surface area contributed by atoms with Gasteiger partial charge in [-0.05, 0) is 48.5 Å². The van der Waals surface area contributed by atoms with Crippen molar-refractivity contribution in [3.05, 3.63) is 63.2 Å². The second-order valence-corrected chi connectivity index (χ2v) is 6.35. The van der Waals surface area contributed by atoms with Crippen LogP contribution in [0.3, 0.4) is 0 Å². The van der Waals surface area contributed by atoms with Crippen LogP contribution in [0.5, 0.6) is 0 Å². The molecule has 1 aromatic heterocycles. The highest BCUT2D eigenvalue weighted by Crippen LogP contribution is 2.34. The molecule has 0 aliphatic carbocycles. The zero-order valence-corrected chi connectivity index (χ0v) is 13.6. The largest absolute Gasteiger partial charge is 0.462 e. The van der Waals surface area contributed by atoms with Gasteiger partial charge in [0.1, 0.15) is 17.3 Å². The molecule has 1 saturated heterocycles. The van der Waals surface area contributed by atoms with Crippen molar-refractivity contribution < 1.29 is 18.4 Å². The van der Waals surface area contributed by atoms with E-state index in [0.717, 1.165) is 22.7 Å². The Labute approximate surface area is 140 Å². The summed E-state index contributed by atoms with van der Waals surface area (Å²) in [5.74, 6) is 0.330. The maximum Gasteiger partial charge on any atom is 0.293 e. The van der Waals surface area contributed by atoms with Gasteiger partial charge in [-0.3, -0.25) is 14.5 Å². The van der Waals surface area contributed by atoms with Crippen molar-refractivity contribution in [3.8, 4) is 0 Å². The third-order valence-corrected chi connectivity index (χ3v) is 4.51. The van der Waals surface area contributed by atoms with Gasteiger partial charge in [0.05, 0.1) is 11.4 Å². The normalized spacial score (nSPS) is 16.7. The number of carbonyl (C=O) groups excluding carboxylic acids is 2. The van der Waals surface area contributed by atoms with E-state index in [4.69, 9.17) is 16.0 Å². The number of nitrogens with zero attached hydrogens (tertiary/aromatic N) is 1. The van der Waals surface area contributed by atoms with Crippen molar-refractivity contribution in [1.29, 1.82) is 0 Å². The minimum absolute atomic E-state index is 0.00168. The van der Waals surface area contributed by atoms with Gasteiger partial charge in [-0.15, -0.1) is 0 Å². The molecule has 0 bridgehead atoms. The van der Waals surface area contributed by atoms with E-state index >= 15 is 0 Å². The molecule has 0 atom stereocenters. The first-order valence-electron chi connectivity index (χ1n) is 6.70. The third kappa shape index (κ3) is 3.33. The summed E-state index contributed by atoms with van der Waals surface area (Å²) in [6, 6.07) is 7.34. The second kappa shape index (κ2) is 6.22. The molecule has 0 spiro atoms. The van der Waals surface area contributed by atoms with Crippen molar-refractivity contribution in [3.63, 3.8) is 0 Å². The molecule has 7 heteroatoms. The molecule has 2 heterocycles. The highest BCUT2D eigenvalue weighted by molar-refractivity contribution is 8.18. The molecule has 118 valence electrons. The van der Waals surface area contributed by atoms with E-state index in [1.165, 1.54) is 18.2 Å². The van der Waals surface area contributed by atoms with Crippen LogP contribution in [0.1, 0.15) is 17.1 Å². The molecule has 3 rings (SSSR count). The third-order valence-electron chi connectivity index (χ3n) is 3.25. The standard InChI is InChI=1S/C16H11ClFNO3S/c1-9-2-5-12(22-9)7-14-15(20)19(16(21)23-14)8-10-3-4-11(18)6-13(10)17/h2-7H,8H2,1H3. The average molecular weight is 352 g/mol. The summed E-state index contributed by atoms with van der Waals surface area (Å²) < 4.78 is 18.4. The van der Waals surface area contributed by atoms with Crippen molar-refractivity contribution in [1.82, 2.24) is 4.90 Å². The number of amides is 2. The van der Waals surface area contributed by atoms with E-state index in [9.17, 15) is 14.0 Å². The van der Waals surface area contributed by atoms with Crippen LogP contribution in [0.25, 0.3) is 6.08 Å². The maximum atomic E-state index is 13.1. The van der Waals surface area contributed by atoms with E-state index in [1.54, 1.807) is 19.1 Å². The molecule has 4 nitrogen and oxygen atoms in total. The number of furan rings is 1. The maximum absolute atomic E-state index is 13.1. The fourth-order valence-corrected chi connectivity index (χ4v) is 3.16. The number of aryl methyl sites for hydroxylation is 1. The molecule has 2 aromatic rings. The Bertz CT molecular complexity index is 830. The van der Waals surface area contributed by atoms with Crippen molar-refractivity contribution in [2.75, 3.05) is 0 Å². The molecular weight excluding hydrogens is 341 g/mol. The van der Waals surface area contributed by atoms with Gasteiger partial charge in [0, 0.05) is 11.1 Å². The summed E-state index contributed by atoms with van der Waals surface area (Å²) in [5.41, 5.74) is 0.505. The number of imide groups is 1. The Balaban J connectivity index is 1.82. The molecule has 1 aliphatic rings. The van der Waals surface area contributed by atoms with E-state index in [1.807, 2.05) is 0 Å². The first-order chi connectivity index (χ1) is 10.9. The van der Waals surface area contributed by atoms with Crippen LogP contribution in [0.4, 0.5) is 9.18 Å². The van der Waals surface area contributed by atoms with Crippen molar-refractivity contribution in [2.45, 2.75) is 13.5 Å². The predicted octanol–water partition coefficient (Wildman–Crippen LogP) is 4.62. The Kier molecular flexibility index (Phi) is 4.28. The fourth-order valence-electron chi connectivity index (χ4n) is 2.12. The number of hydrogen-bond donors (Lipinski definition) is 0. The van der Waals surface area contributed by atoms with Gasteiger partial charge in [0.25, 0.3) is 11.1 Å². The van der Waals surface area contributed by atoms with Crippen LogP contribution >= 0.6 is 23.4 Å². The van der Waals surface area contributed by atoms with Crippen LogP contribution in [-0.2, 0) is 11.3 Å². The van der Waals surface area contributed by atoms with Gasteiger partial charge in [-0.25, -0.2) is 4.39 Å². The quantitative estimate of drug-likeness (QED) is 0.757. The lowest BCUT2D eigenvalue weighted by Crippen LogP contribution is -2.27. The molecule has 2 amide bonds. The summed E-state index contributed by atoms with van der Waals surface area (Å²) in [6.07, 6.45) is 1.53. The molecule has 1 aliphatic heterocycles. The number of carbonyl (C=O) groups is 2. The van der Waals surface area contributed by atoms with E-state index in [0.29, 0.717) is 17.1 Å². The van der Waals surface area contributed by atoms with E-state index < -0.39 is 17.0 Å². The lowest BCUT2D eigenvalue weighted by molar-refractivity contribution is -0.123. The molecule has 1 aromatic carbocycles. The summed E-state index contributed by atoms with van der Waals surface area (Å²) in [5, 5.41) is -0.223. The van der Waals surface area contributed by atoms with Crippen molar-refractivity contribution >= 4 is 40.6 Å². The monoisotopic (exact) mass is 351 g/mol. The number of hydrogen-bond acceptors (Lipinski definition) is 4. The molecule has 1 fully saturated rings. The zero-order valence-electron chi connectivity index (χ0n) is 12.0. The molecular formula is C16H11ClFNO3S. The topological polar surface area (TPSA) is 50.5 Å². The van der Waals surface area contributed by atoms with Gasteiger partial charge in [0.15, 0.2) is 0 Å². The predicted molar refractivity (Wildman–Crippen MR) is 86.4 cm³/mol. The number of halogens is 2. The van der Waals surface area contributed by atoms with Crippen molar-refractivity contribution in [2.24, 2.45) is 0 Å². The molecule has 0 radical (unpaired) electrons. The molecule has 23 heavy (non-hydrogen) atoms. The van der Waals surface area contributed by atoms with Gasteiger partial charge in [0.2, 0.25) is 0 Å². The molecule has 0 unspecified atom stereocenters. The zero-order chi connectivity index (χ0) is 16.6. The highest BCUT2D eigenvalue weighted by Gasteiger charge is 2.35. The minimum Gasteiger partial charge on any atom is -0.462 e. The minimum atomic E-state index is -0.471. The van der Waals surface area contributed by atoms with Crippen LogP contribution in [-0.4, -0.2) is 16.0 Å². The SMILES string of the molecule is Cc1ccc(C=C2SC(=O)N(Cc3ccc(F)cc3Cl)C2=O)o1. The van der Waals surface area contributed by atoms with E-state index in [-0.39, 0.29) is 16.5 Å². The molecule has 0 saturated carbocycles. The number of thioether (sulfide) groups is 1. The van der Waals surface area contributed by atoms with Crippen LogP contribution in [0, 0.1) is 12.7 Å². The Morgan fingerprint density at radius 2 is 2.09 bits per heavy atom. The lowest BCUT2D eigenvalue weighted by atomic mass is 10.2. The average Bonchev–Trinajstić information content (AvgIpc) is 3.00. The summed E-state index contributed by atoms with van der Waals surface area (Å²) in [7, 11) is 0. The van der Waals surface area contributed by atoms with Gasteiger partial charge in [-0.2, -0.15) is 0 Å². The van der Waals surface area contributed by atoms with Gasteiger partial charge < -0.3 is 4.42 Å². The Hall–Kier alpha value is -2.05. The summed E-state index contributed by atoms with van der Waals surface area (Å²) in [4.78, 5) is 25.8. The van der Waals surface area contributed by atoms with Gasteiger partial charge >= 0.3 is 0 Å². The van der Waals surface area contributed by atoms with Crippen LogP contribution < -0.4 is 0 Å². The van der Waals surface area contributed by atoms with Gasteiger partial charge in [-0.1, -0.05) is 17.7 Å². The summed E-state index contributed by atoms with van der Waals surface area (Å²) >= 11 is 6.78. The van der Waals surface area contributed by atoms with E-state index in [2.05, 4.69) is 0 Å². The summed E-state index contributed by atoms with van der Waals surface area (Å²) in [6.45, 7) is 1.79. The Morgan fingerprint density at radius 3 is 2.74 bits per heavy atom. The Morgan fingerprint density at radius 1 is 1.30 bits per heavy atom. The fraction of sp³-hybridized carbons (Fsp3) is 0.125. The smallest absolute Gasteiger partial charge is 0.293 e. The first-order valence-corrected chi connectivity index (χ1v) is 7.89. The second-order valence-electron chi connectivity index (χ2n) is 4.95.